The second-order valence-electron chi connectivity index (χ2n) is 6.06. The first-order valence-electron chi connectivity index (χ1n) is 8.25. The number of amides is 1. The first kappa shape index (κ1) is 16.3. The minimum absolute atomic E-state index is 0.144. The van der Waals surface area contributed by atoms with Crippen LogP contribution in [0.15, 0.2) is 48.5 Å². The fourth-order valence-electron chi connectivity index (χ4n) is 3.06. The topological polar surface area (TPSA) is 49.6 Å². The molecule has 0 unspecified atom stereocenters. The Labute approximate surface area is 141 Å². The number of nitrogens with two attached hydrogens (primary N) is 1. The molecule has 1 aliphatic rings. The van der Waals surface area contributed by atoms with Gasteiger partial charge in [0.15, 0.2) is 0 Å². The minimum atomic E-state index is -0.209. The maximum atomic E-state index is 13.8. The monoisotopic (exact) mass is 327 g/mol. The second kappa shape index (κ2) is 7.34. The van der Waals surface area contributed by atoms with E-state index in [1.54, 1.807) is 12.1 Å². The lowest BCUT2D eigenvalue weighted by Crippen LogP contribution is -2.49. The SMILES string of the molecule is Nc1cccc(CCC(=O)N2CCN(c3ccccc3F)CC2)c1. The maximum absolute atomic E-state index is 13.8. The summed E-state index contributed by atoms with van der Waals surface area (Å²) in [5, 5.41) is 0. The van der Waals surface area contributed by atoms with Crippen molar-refractivity contribution in [1.82, 2.24) is 4.90 Å². The highest BCUT2D eigenvalue weighted by Gasteiger charge is 2.22. The van der Waals surface area contributed by atoms with Crippen LogP contribution in [0.4, 0.5) is 15.8 Å². The van der Waals surface area contributed by atoms with E-state index in [9.17, 15) is 9.18 Å². The van der Waals surface area contributed by atoms with Gasteiger partial charge in [0.25, 0.3) is 0 Å². The molecular weight excluding hydrogens is 305 g/mol. The zero-order valence-electron chi connectivity index (χ0n) is 13.6. The average Bonchev–Trinajstić information content (AvgIpc) is 2.60. The van der Waals surface area contributed by atoms with Crippen molar-refractivity contribution in [3.63, 3.8) is 0 Å². The van der Waals surface area contributed by atoms with E-state index in [0.717, 1.165) is 11.3 Å². The summed E-state index contributed by atoms with van der Waals surface area (Å²) >= 11 is 0. The molecular formula is C19H22FN3O. The molecule has 2 aromatic rings. The van der Waals surface area contributed by atoms with Gasteiger partial charge in [-0.05, 0) is 36.2 Å². The van der Waals surface area contributed by atoms with Gasteiger partial charge in [-0.3, -0.25) is 4.79 Å². The molecule has 0 atom stereocenters. The summed E-state index contributed by atoms with van der Waals surface area (Å²) in [7, 11) is 0. The lowest BCUT2D eigenvalue weighted by Gasteiger charge is -2.36. The lowest BCUT2D eigenvalue weighted by molar-refractivity contribution is -0.131. The van der Waals surface area contributed by atoms with Crippen LogP contribution in [-0.2, 0) is 11.2 Å². The molecule has 1 saturated heterocycles. The predicted molar refractivity (Wildman–Crippen MR) is 94.4 cm³/mol. The molecule has 1 amide bonds. The van der Waals surface area contributed by atoms with Crippen LogP contribution in [0.3, 0.4) is 0 Å². The van der Waals surface area contributed by atoms with Gasteiger partial charge in [-0.2, -0.15) is 0 Å². The van der Waals surface area contributed by atoms with Crippen molar-refractivity contribution in [2.45, 2.75) is 12.8 Å². The Morgan fingerprint density at radius 1 is 1.04 bits per heavy atom. The molecule has 1 fully saturated rings. The summed E-state index contributed by atoms with van der Waals surface area (Å²) in [4.78, 5) is 16.2. The number of para-hydroxylation sites is 1. The summed E-state index contributed by atoms with van der Waals surface area (Å²) in [6.45, 7) is 2.57. The van der Waals surface area contributed by atoms with Crippen molar-refractivity contribution in [3.8, 4) is 0 Å². The number of hydrogen-bond donors (Lipinski definition) is 1. The molecule has 0 aliphatic carbocycles. The average molecular weight is 327 g/mol. The number of hydrogen-bond acceptors (Lipinski definition) is 3. The summed E-state index contributed by atoms with van der Waals surface area (Å²) in [6, 6.07) is 14.4. The molecule has 126 valence electrons. The highest BCUT2D eigenvalue weighted by atomic mass is 19.1. The number of nitrogen functional groups attached to an aromatic ring is 1. The molecule has 2 N–H and O–H groups in total. The zero-order chi connectivity index (χ0) is 16.9. The Morgan fingerprint density at radius 2 is 1.79 bits per heavy atom. The third-order valence-electron chi connectivity index (χ3n) is 4.40. The Morgan fingerprint density at radius 3 is 2.50 bits per heavy atom. The third kappa shape index (κ3) is 3.85. The number of benzene rings is 2. The number of piperazine rings is 1. The Bertz CT molecular complexity index is 711. The first-order chi connectivity index (χ1) is 11.6. The first-order valence-corrected chi connectivity index (χ1v) is 8.25. The van der Waals surface area contributed by atoms with Crippen molar-refractivity contribution in [2.24, 2.45) is 0 Å². The van der Waals surface area contributed by atoms with Crippen molar-refractivity contribution < 1.29 is 9.18 Å². The molecule has 0 saturated carbocycles. The quantitative estimate of drug-likeness (QED) is 0.879. The van der Waals surface area contributed by atoms with Gasteiger partial charge < -0.3 is 15.5 Å². The Hall–Kier alpha value is -2.56. The highest BCUT2D eigenvalue weighted by Crippen LogP contribution is 2.20. The second-order valence-corrected chi connectivity index (χ2v) is 6.06. The predicted octanol–water partition coefficient (Wildman–Crippen LogP) is 2.69. The van der Waals surface area contributed by atoms with Crippen LogP contribution in [0.25, 0.3) is 0 Å². The van der Waals surface area contributed by atoms with Gasteiger partial charge in [0.05, 0.1) is 5.69 Å². The number of rotatable bonds is 4. The van der Waals surface area contributed by atoms with Gasteiger partial charge in [0.2, 0.25) is 5.91 Å². The number of nitrogens with zero attached hydrogens (tertiary/aromatic N) is 2. The molecule has 24 heavy (non-hydrogen) atoms. The van der Waals surface area contributed by atoms with Gasteiger partial charge in [0.1, 0.15) is 5.82 Å². The summed E-state index contributed by atoms with van der Waals surface area (Å²) < 4.78 is 13.8. The lowest BCUT2D eigenvalue weighted by atomic mass is 10.1. The van der Waals surface area contributed by atoms with E-state index < -0.39 is 0 Å². The molecule has 0 radical (unpaired) electrons. The van der Waals surface area contributed by atoms with Crippen molar-refractivity contribution in [3.05, 3.63) is 59.9 Å². The highest BCUT2D eigenvalue weighted by molar-refractivity contribution is 5.77. The smallest absolute Gasteiger partial charge is 0.223 e. The van der Waals surface area contributed by atoms with Gasteiger partial charge >= 0.3 is 0 Å². The van der Waals surface area contributed by atoms with Gasteiger partial charge in [-0.25, -0.2) is 4.39 Å². The number of carbonyl (C=O) groups is 1. The molecule has 5 heteroatoms. The Balaban J connectivity index is 1.51. The van der Waals surface area contributed by atoms with Gasteiger partial charge in [-0.1, -0.05) is 24.3 Å². The van der Waals surface area contributed by atoms with Crippen LogP contribution in [0.5, 0.6) is 0 Å². The van der Waals surface area contributed by atoms with Crippen LogP contribution in [0, 0.1) is 5.82 Å². The molecule has 3 rings (SSSR count). The molecule has 1 aliphatic heterocycles. The third-order valence-corrected chi connectivity index (χ3v) is 4.40. The number of aryl methyl sites for hydroxylation is 1. The molecule has 0 spiro atoms. The van der Waals surface area contributed by atoms with E-state index in [4.69, 9.17) is 5.73 Å². The van der Waals surface area contributed by atoms with E-state index in [1.165, 1.54) is 6.07 Å². The molecule has 0 bridgehead atoms. The Kier molecular flexibility index (Phi) is 4.99. The summed E-state index contributed by atoms with van der Waals surface area (Å²) in [5.41, 5.74) is 8.17. The number of anilines is 2. The van der Waals surface area contributed by atoms with Crippen LogP contribution in [0.2, 0.25) is 0 Å². The summed E-state index contributed by atoms with van der Waals surface area (Å²) in [6.07, 6.45) is 1.17. The van der Waals surface area contributed by atoms with Gasteiger partial charge in [-0.15, -0.1) is 0 Å². The molecule has 1 heterocycles. The van der Waals surface area contributed by atoms with Crippen molar-refractivity contribution >= 4 is 17.3 Å². The fourth-order valence-corrected chi connectivity index (χ4v) is 3.06. The van der Waals surface area contributed by atoms with Crippen LogP contribution in [-0.4, -0.2) is 37.0 Å². The van der Waals surface area contributed by atoms with E-state index in [0.29, 0.717) is 44.7 Å². The van der Waals surface area contributed by atoms with Gasteiger partial charge in [0, 0.05) is 38.3 Å². The van der Waals surface area contributed by atoms with E-state index in [2.05, 4.69) is 0 Å². The van der Waals surface area contributed by atoms with E-state index in [-0.39, 0.29) is 11.7 Å². The van der Waals surface area contributed by atoms with Crippen LogP contribution in [0.1, 0.15) is 12.0 Å². The van der Waals surface area contributed by atoms with Crippen molar-refractivity contribution in [2.75, 3.05) is 36.8 Å². The van der Waals surface area contributed by atoms with Crippen LogP contribution < -0.4 is 10.6 Å². The maximum Gasteiger partial charge on any atom is 0.223 e. The minimum Gasteiger partial charge on any atom is -0.399 e. The van der Waals surface area contributed by atoms with E-state index >= 15 is 0 Å². The normalized spacial score (nSPS) is 14.7. The molecule has 4 nitrogen and oxygen atoms in total. The van der Waals surface area contributed by atoms with E-state index in [1.807, 2.05) is 40.1 Å². The fraction of sp³-hybridized carbons (Fsp3) is 0.316. The largest absolute Gasteiger partial charge is 0.399 e. The molecule has 2 aromatic carbocycles. The molecule has 0 aromatic heterocycles. The standard InChI is InChI=1S/C19H22FN3O/c20-17-6-1-2-7-18(17)22-10-12-23(13-11-22)19(24)9-8-15-4-3-5-16(21)14-15/h1-7,14H,8-13,21H2. The van der Waals surface area contributed by atoms with Crippen molar-refractivity contribution in [1.29, 1.82) is 0 Å². The zero-order valence-corrected chi connectivity index (χ0v) is 13.6. The summed E-state index contributed by atoms with van der Waals surface area (Å²) in [5.74, 6) is -0.0652. The number of halogens is 1. The van der Waals surface area contributed by atoms with Crippen LogP contribution >= 0.6 is 0 Å². The number of carbonyl (C=O) groups excluding carboxylic acids is 1.